The number of carboxylic acid groups (broad SMARTS) is 1. The van der Waals surface area contributed by atoms with Gasteiger partial charge in [-0.1, -0.05) is 38.5 Å². The number of H-pyrrole nitrogens is 1. The van der Waals surface area contributed by atoms with Crippen molar-refractivity contribution in [2.45, 2.75) is 89.4 Å². The van der Waals surface area contributed by atoms with Crippen LogP contribution in [0.3, 0.4) is 0 Å². The smallest absolute Gasteiger partial charge is 0.340 e. The van der Waals surface area contributed by atoms with Crippen molar-refractivity contribution in [3.63, 3.8) is 0 Å². The number of rotatable bonds is 11. The average molecular weight is 746 g/mol. The van der Waals surface area contributed by atoms with E-state index in [4.69, 9.17) is 9.98 Å². The predicted octanol–water partition coefficient (Wildman–Crippen LogP) is 9.04. The van der Waals surface area contributed by atoms with Crippen LogP contribution in [0, 0.1) is 10.8 Å². The van der Waals surface area contributed by atoms with Gasteiger partial charge in [-0.3, -0.25) is 14.8 Å². The van der Waals surface area contributed by atoms with Gasteiger partial charge in [0, 0.05) is 62.8 Å². The Morgan fingerprint density at radius 1 is 1.02 bits per heavy atom. The fraction of sp³-hybridized carbons (Fsp3) is 0.472. The van der Waals surface area contributed by atoms with Crippen LogP contribution in [0.4, 0.5) is 14.6 Å². The van der Waals surface area contributed by atoms with Gasteiger partial charge < -0.3 is 5.11 Å². The summed E-state index contributed by atoms with van der Waals surface area (Å²) in [6.07, 6.45) is 12.2. The molecular weight excluding hydrogens is 701 g/mol. The van der Waals surface area contributed by atoms with Crippen LogP contribution in [0.25, 0.3) is 5.70 Å². The van der Waals surface area contributed by atoms with E-state index in [9.17, 15) is 23.5 Å². The van der Waals surface area contributed by atoms with E-state index in [0.29, 0.717) is 31.2 Å². The number of nitrogens with zero attached hydrogens (tertiary/aromatic N) is 3. The molecule has 3 aliphatic carbocycles. The third kappa shape index (κ3) is 7.64. The number of allylic oxidation sites excluding steroid dienone is 2. The van der Waals surface area contributed by atoms with Crippen molar-refractivity contribution in [1.82, 2.24) is 0 Å². The number of amides is 1. The zero-order valence-electron chi connectivity index (χ0n) is 27.3. The van der Waals surface area contributed by atoms with Crippen LogP contribution in [0.1, 0.15) is 107 Å². The number of benzene rings is 1. The number of carbonyl (C=O) groups excluding carboxylic acids is 1. The number of nitrogens with one attached hydrogen (secondary N) is 1. The van der Waals surface area contributed by atoms with Gasteiger partial charge in [-0.15, -0.1) is 0 Å². The molecule has 0 spiro atoms. The number of aromatic nitrogens is 1. The molecule has 1 aromatic carbocycles. The van der Waals surface area contributed by atoms with E-state index in [-0.39, 0.29) is 22.7 Å². The van der Waals surface area contributed by atoms with Gasteiger partial charge in [0.25, 0.3) is 5.82 Å². The summed E-state index contributed by atoms with van der Waals surface area (Å²) in [7, 11) is 1.55. The van der Waals surface area contributed by atoms with E-state index >= 15 is 0 Å². The summed E-state index contributed by atoms with van der Waals surface area (Å²) >= 11 is 1.07. The third-order valence-electron chi connectivity index (χ3n) is 9.85. The SMILES string of the molecule is CC\C=C/N=C(CC)\C(C)=C(\N=C(C)C12CCCC(C(=O)O)(CC1)CC2)c1ccc(C(=O)N(C)c2cc(C(F)(F)I)cc[nH+]2)cc1. The second kappa shape index (κ2) is 14.6. The largest absolute Gasteiger partial charge is 0.481 e. The number of aliphatic carboxylic acids is 1. The number of pyridine rings is 1. The quantitative estimate of drug-likeness (QED) is 0.141. The summed E-state index contributed by atoms with van der Waals surface area (Å²) in [5, 5.41) is 9.99. The fourth-order valence-electron chi connectivity index (χ4n) is 6.72. The number of fused-ring (bicyclic) bond motifs is 4. The second-order valence-electron chi connectivity index (χ2n) is 12.5. The molecule has 46 heavy (non-hydrogen) atoms. The Balaban J connectivity index is 1.72. The maximum Gasteiger partial charge on any atom is 0.340 e. The van der Waals surface area contributed by atoms with Gasteiger partial charge >= 0.3 is 15.8 Å². The molecule has 2 bridgehead atoms. The molecular formula is C36H44F2IN4O3+. The monoisotopic (exact) mass is 745 g/mol. The fourth-order valence-corrected chi connectivity index (χ4v) is 7.06. The number of hydrogen-bond acceptors (Lipinski definition) is 4. The topological polar surface area (TPSA) is 96.5 Å². The van der Waals surface area contributed by atoms with Crippen molar-refractivity contribution in [2.75, 3.05) is 11.9 Å². The summed E-state index contributed by atoms with van der Waals surface area (Å²) in [5.74, 6) is -0.766. The molecule has 3 aliphatic rings. The first-order chi connectivity index (χ1) is 21.8. The van der Waals surface area contributed by atoms with Gasteiger partial charge in [0.05, 0.1) is 29.9 Å². The number of aromatic amines is 1. The first kappa shape index (κ1) is 35.6. The highest BCUT2D eigenvalue weighted by molar-refractivity contribution is 14.1. The van der Waals surface area contributed by atoms with E-state index in [2.05, 4.69) is 25.8 Å². The Morgan fingerprint density at radius 2 is 1.63 bits per heavy atom. The molecule has 0 unspecified atom stereocenters. The Labute approximate surface area is 284 Å². The molecule has 3 saturated carbocycles. The molecule has 2 N–H and O–H groups in total. The van der Waals surface area contributed by atoms with Crippen LogP contribution in [-0.4, -0.2) is 35.5 Å². The van der Waals surface area contributed by atoms with E-state index in [1.807, 2.05) is 31.3 Å². The lowest BCUT2D eigenvalue weighted by Crippen LogP contribution is -2.39. The normalized spacial score (nSPS) is 22.9. The Morgan fingerprint density at radius 3 is 2.22 bits per heavy atom. The lowest BCUT2D eigenvalue weighted by atomic mass is 9.63. The first-order valence-electron chi connectivity index (χ1n) is 16.0. The van der Waals surface area contributed by atoms with Crippen molar-refractivity contribution in [2.24, 2.45) is 20.8 Å². The van der Waals surface area contributed by atoms with Gasteiger partial charge in [0.2, 0.25) is 0 Å². The van der Waals surface area contributed by atoms with Crippen molar-refractivity contribution < 1.29 is 28.5 Å². The molecule has 2 aromatic rings. The van der Waals surface area contributed by atoms with Gasteiger partial charge in [0.15, 0.2) is 0 Å². The summed E-state index contributed by atoms with van der Waals surface area (Å²) < 4.78 is 24.8. The second-order valence-corrected chi connectivity index (χ2v) is 13.9. The summed E-state index contributed by atoms with van der Waals surface area (Å²) in [6.45, 7) is 8.21. The number of carboxylic acids is 1. The minimum atomic E-state index is -3.06. The molecule has 246 valence electrons. The third-order valence-corrected chi connectivity index (χ3v) is 10.5. The van der Waals surface area contributed by atoms with E-state index < -0.39 is 15.3 Å². The lowest BCUT2D eigenvalue weighted by molar-refractivity contribution is -0.363. The number of anilines is 1. The molecule has 1 amide bonds. The van der Waals surface area contributed by atoms with E-state index in [0.717, 1.165) is 83.0 Å². The minimum absolute atomic E-state index is 0.148. The summed E-state index contributed by atoms with van der Waals surface area (Å²) in [5.41, 5.74) is 3.89. The number of carbonyl (C=O) groups is 2. The predicted molar refractivity (Wildman–Crippen MR) is 188 cm³/mol. The Hall–Kier alpha value is -3.28. The highest BCUT2D eigenvalue weighted by Gasteiger charge is 2.50. The summed E-state index contributed by atoms with van der Waals surface area (Å²) in [6, 6.07) is 9.76. The van der Waals surface area contributed by atoms with Crippen LogP contribution in [0.5, 0.6) is 0 Å². The van der Waals surface area contributed by atoms with Crippen molar-refractivity contribution in [1.29, 1.82) is 0 Å². The zero-order chi connectivity index (χ0) is 33.7. The van der Waals surface area contributed by atoms with Gasteiger partial charge in [0.1, 0.15) is 0 Å². The van der Waals surface area contributed by atoms with Crippen LogP contribution in [0.15, 0.2) is 70.4 Å². The Kier molecular flexibility index (Phi) is 11.3. The van der Waals surface area contributed by atoms with Gasteiger partial charge in [-0.2, -0.15) is 13.7 Å². The molecule has 0 radical (unpaired) electrons. The highest BCUT2D eigenvalue weighted by Crippen LogP contribution is 2.55. The molecule has 7 nitrogen and oxygen atoms in total. The summed E-state index contributed by atoms with van der Waals surface area (Å²) in [4.78, 5) is 39.8. The average Bonchev–Trinajstić information content (AvgIpc) is 3.37. The van der Waals surface area contributed by atoms with Crippen LogP contribution in [-0.2, 0) is 8.72 Å². The molecule has 10 heteroatoms. The first-order valence-corrected chi connectivity index (χ1v) is 17.0. The molecule has 0 aliphatic heterocycles. The molecule has 5 rings (SSSR count). The van der Waals surface area contributed by atoms with Crippen molar-refractivity contribution in [3.05, 3.63) is 77.1 Å². The van der Waals surface area contributed by atoms with Crippen molar-refractivity contribution >= 4 is 57.4 Å². The van der Waals surface area contributed by atoms with Gasteiger partial charge in [-0.25, -0.2) is 9.78 Å². The lowest BCUT2D eigenvalue weighted by Gasteiger charge is -2.41. The molecule has 3 fully saturated rings. The molecule has 0 atom stereocenters. The number of halogens is 3. The van der Waals surface area contributed by atoms with Crippen LogP contribution >= 0.6 is 22.6 Å². The molecule has 1 aromatic heterocycles. The van der Waals surface area contributed by atoms with E-state index in [1.165, 1.54) is 23.2 Å². The standard InChI is InChI=1S/C36H43F2IN4O3/c1-6-8-21-40-29(7-2)24(3)31(42-25(4)34-15-9-16-35(19-17-34,20-18-34)33(45)46)26-10-12-27(13-11-26)32(44)43(5)30-23-28(14-22-41-30)36(37,38)39/h8,10-14,21-23H,6-7,9,15-20H2,1-5H3,(H,45,46)/p+1/b21-8-,31-24+,40-29-,42-25?. The van der Waals surface area contributed by atoms with Crippen LogP contribution in [0.2, 0.25) is 0 Å². The Bertz CT molecular complexity index is 1570. The van der Waals surface area contributed by atoms with Gasteiger partial charge in [-0.05, 0) is 89.0 Å². The van der Waals surface area contributed by atoms with Crippen LogP contribution < -0.4 is 9.88 Å². The number of alkyl halides is 3. The molecule has 1 heterocycles. The maximum absolute atomic E-state index is 13.9. The van der Waals surface area contributed by atoms with Crippen molar-refractivity contribution in [3.8, 4) is 0 Å². The zero-order valence-corrected chi connectivity index (χ0v) is 29.5. The maximum atomic E-state index is 13.9. The minimum Gasteiger partial charge on any atom is -0.481 e. The number of hydrogen-bond donors (Lipinski definition) is 1. The molecule has 0 saturated heterocycles. The van der Waals surface area contributed by atoms with E-state index in [1.54, 1.807) is 19.2 Å². The number of aliphatic imine (C=N–C) groups is 2. The highest BCUT2D eigenvalue weighted by atomic mass is 127.